The molecular weight excluding hydrogens is 202 g/mol. The lowest BCUT2D eigenvalue weighted by Crippen LogP contribution is -2.10. The number of carbonyl (C=O) groups excluding carboxylic acids is 1. The minimum atomic E-state index is -0.395. The smallest absolute Gasteiger partial charge is 0.248 e. The zero-order valence-corrected chi connectivity index (χ0v) is 8.99. The summed E-state index contributed by atoms with van der Waals surface area (Å²) in [5.74, 6) is -0.395. The maximum Gasteiger partial charge on any atom is 0.248 e. The molecule has 16 heavy (non-hydrogen) atoms. The third kappa shape index (κ3) is 1.92. The van der Waals surface area contributed by atoms with Gasteiger partial charge in [-0.05, 0) is 43.1 Å². The highest BCUT2D eigenvalue weighted by atomic mass is 16.1. The average Bonchev–Trinajstić information content (AvgIpc) is 2.68. The van der Waals surface area contributed by atoms with Crippen molar-refractivity contribution in [2.45, 2.75) is 12.8 Å². The van der Waals surface area contributed by atoms with E-state index in [9.17, 15) is 4.79 Å². The van der Waals surface area contributed by atoms with Crippen molar-refractivity contribution in [3.63, 3.8) is 0 Å². The Hall–Kier alpha value is -1.81. The molecular formula is C12H15N3O. The molecule has 1 heterocycles. The lowest BCUT2D eigenvalue weighted by Gasteiger charge is -1.99. The Morgan fingerprint density at radius 3 is 2.88 bits per heavy atom. The number of aromatic nitrogens is 1. The molecule has 0 radical (unpaired) electrons. The molecule has 1 amide bonds. The average molecular weight is 217 g/mol. The second-order valence-electron chi connectivity index (χ2n) is 3.83. The van der Waals surface area contributed by atoms with Crippen molar-refractivity contribution in [1.29, 1.82) is 0 Å². The highest BCUT2D eigenvalue weighted by molar-refractivity contribution is 5.97. The van der Waals surface area contributed by atoms with E-state index in [0.29, 0.717) is 12.1 Å². The summed E-state index contributed by atoms with van der Waals surface area (Å²) in [5.41, 5.74) is 13.5. The number of aryl methyl sites for hydroxylation is 1. The van der Waals surface area contributed by atoms with E-state index in [4.69, 9.17) is 11.5 Å². The molecule has 84 valence electrons. The van der Waals surface area contributed by atoms with Gasteiger partial charge >= 0.3 is 0 Å². The fraction of sp³-hybridized carbons (Fsp3) is 0.250. The van der Waals surface area contributed by atoms with Gasteiger partial charge in [0, 0.05) is 22.7 Å². The van der Waals surface area contributed by atoms with Crippen LogP contribution in [-0.2, 0) is 6.42 Å². The van der Waals surface area contributed by atoms with Gasteiger partial charge in [0.1, 0.15) is 0 Å². The van der Waals surface area contributed by atoms with Crippen LogP contribution in [0.5, 0.6) is 0 Å². The van der Waals surface area contributed by atoms with Crippen molar-refractivity contribution in [3.05, 3.63) is 35.5 Å². The summed E-state index contributed by atoms with van der Waals surface area (Å²) in [5, 5.41) is 1.06. The van der Waals surface area contributed by atoms with Crippen LogP contribution in [-0.4, -0.2) is 17.4 Å². The first-order valence-corrected chi connectivity index (χ1v) is 5.32. The number of benzene rings is 1. The van der Waals surface area contributed by atoms with E-state index < -0.39 is 5.91 Å². The summed E-state index contributed by atoms with van der Waals surface area (Å²) in [6.07, 6.45) is 3.82. The zero-order valence-electron chi connectivity index (χ0n) is 8.99. The van der Waals surface area contributed by atoms with Crippen LogP contribution in [0.3, 0.4) is 0 Å². The van der Waals surface area contributed by atoms with E-state index in [1.54, 1.807) is 6.07 Å². The highest BCUT2D eigenvalue weighted by Crippen LogP contribution is 2.20. The summed E-state index contributed by atoms with van der Waals surface area (Å²) in [7, 11) is 0. The minimum Gasteiger partial charge on any atom is -0.366 e. The van der Waals surface area contributed by atoms with Crippen molar-refractivity contribution >= 4 is 16.8 Å². The van der Waals surface area contributed by atoms with E-state index in [1.165, 1.54) is 5.56 Å². The Kier molecular flexibility index (Phi) is 2.92. The summed E-state index contributed by atoms with van der Waals surface area (Å²) < 4.78 is 0. The van der Waals surface area contributed by atoms with Crippen LogP contribution >= 0.6 is 0 Å². The number of H-pyrrole nitrogens is 1. The lowest BCUT2D eigenvalue weighted by molar-refractivity contribution is 0.100. The van der Waals surface area contributed by atoms with Crippen molar-refractivity contribution in [1.82, 2.24) is 4.98 Å². The fourth-order valence-electron chi connectivity index (χ4n) is 1.83. The van der Waals surface area contributed by atoms with E-state index in [0.717, 1.165) is 23.7 Å². The largest absolute Gasteiger partial charge is 0.366 e. The van der Waals surface area contributed by atoms with E-state index in [2.05, 4.69) is 4.98 Å². The number of carbonyl (C=O) groups is 1. The molecule has 0 bridgehead atoms. The van der Waals surface area contributed by atoms with Gasteiger partial charge in [-0.15, -0.1) is 0 Å². The van der Waals surface area contributed by atoms with Crippen molar-refractivity contribution in [2.24, 2.45) is 11.5 Å². The van der Waals surface area contributed by atoms with E-state index in [1.807, 2.05) is 18.3 Å². The van der Waals surface area contributed by atoms with Crippen LogP contribution in [0.2, 0.25) is 0 Å². The molecule has 2 aromatic rings. The summed E-state index contributed by atoms with van der Waals surface area (Å²) in [4.78, 5) is 14.3. The Balaban J connectivity index is 2.43. The van der Waals surface area contributed by atoms with Gasteiger partial charge in [-0.25, -0.2) is 0 Å². The number of fused-ring (bicyclic) bond motifs is 1. The normalized spacial score (nSPS) is 10.8. The van der Waals surface area contributed by atoms with Crippen molar-refractivity contribution < 1.29 is 4.79 Å². The Labute approximate surface area is 93.6 Å². The van der Waals surface area contributed by atoms with Gasteiger partial charge in [0.25, 0.3) is 0 Å². The predicted octanol–water partition coefficient (Wildman–Crippen LogP) is 1.16. The molecule has 0 unspecified atom stereocenters. The molecule has 0 aliphatic heterocycles. The van der Waals surface area contributed by atoms with Crippen LogP contribution in [0, 0.1) is 0 Å². The first kappa shape index (κ1) is 10.7. The van der Waals surface area contributed by atoms with Gasteiger partial charge in [-0.2, -0.15) is 0 Å². The molecule has 4 nitrogen and oxygen atoms in total. The third-order valence-electron chi connectivity index (χ3n) is 2.70. The van der Waals surface area contributed by atoms with Gasteiger partial charge in [0.15, 0.2) is 0 Å². The number of rotatable bonds is 4. The minimum absolute atomic E-state index is 0.395. The number of nitrogens with two attached hydrogens (primary N) is 2. The van der Waals surface area contributed by atoms with Crippen LogP contribution in [0.1, 0.15) is 22.3 Å². The van der Waals surface area contributed by atoms with Gasteiger partial charge in [-0.1, -0.05) is 0 Å². The molecule has 0 spiro atoms. The molecule has 0 atom stereocenters. The maximum absolute atomic E-state index is 11.1. The molecule has 0 aliphatic carbocycles. The quantitative estimate of drug-likeness (QED) is 0.717. The zero-order chi connectivity index (χ0) is 11.5. The fourth-order valence-corrected chi connectivity index (χ4v) is 1.83. The molecule has 1 aromatic heterocycles. The topological polar surface area (TPSA) is 84.9 Å². The van der Waals surface area contributed by atoms with E-state index in [-0.39, 0.29) is 0 Å². The van der Waals surface area contributed by atoms with E-state index >= 15 is 0 Å². The Morgan fingerprint density at radius 2 is 2.19 bits per heavy atom. The van der Waals surface area contributed by atoms with Gasteiger partial charge < -0.3 is 16.5 Å². The SMILES string of the molecule is NCCCc1c[nH]c2ccc(C(N)=O)cc12. The molecule has 2 rings (SSSR count). The Morgan fingerprint density at radius 1 is 1.38 bits per heavy atom. The number of aromatic amines is 1. The molecule has 5 N–H and O–H groups in total. The molecule has 4 heteroatoms. The van der Waals surface area contributed by atoms with Crippen LogP contribution in [0.15, 0.2) is 24.4 Å². The third-order valence-corrected chi connectivity index (χ3v) is 2.70. The molecule has 1 aromatic carbocycles. The van der Waals surface area contributed by atoms with Crippen molar-refractivity contribution in [2.75, 3.05) is 6.54 Å². The van der Waals surface area contributed by atoms with Gasteiger partial charge in [0.2, 0.25) is 5.91 Å². The Bertz CT molecular complexity index is 516. The lowest BCUT2D eigenvalue weighted by atomic mass is 10.1. The maximum atomic E-state index is 11.1. The second-order valence-corrected chi connectivity index (χ2v) is 3.83. The summed E-state index contributed by atoms with van der Waals surface area (Å²) in [6.45, 7) is 0.669. The second kappa shape index (κ2) is 4.37. The number of amides is 1. The molecule has 0 aliphatic rings. The number of primary amides is 1. The first-order chi connectivity index (χ1) is 7.72. The monoisotopic (exact) mass is 217 g/mol. The predicted molar refractivity (Wildman–Crippen MR) is 64.2 cm³/mol. The number of hydrogen-bond donors (Lipinski definition) is 3. The summed E-state index contributed by atoms with van der Waals surface area (Å²) >= 11 is 0. The molecule has 0 saturated heterocycles. The van der Waals surface area contributed by atoms with Crippen LogP contribution in [0.4, 0.5) is 0 Å². The van der Waals surface area contributed by atoms with Gasteiger partial charge in [-0.3, -0.25) is 4.79 Å². The van der Waals surface area contributed by atoms with Gasteiger partial charge in [0.05, 0.1) is 0 Å². The number of hydrogen-bond acceptors (Lipinski definition) is 2. The van der Waals surface area contributed by atoms with Crippen LogP contribution < -0.4 is 11.5 Å². The number of nitrogens with one attached hydrogen (secondary N) is 1. The van der Waals surface area contributed by atoms with Crippen molar-refractivity contribution in [3.8, 4) is 0 Å². The molecule has 0 saturated carbocycles. The summed E-state index contributed by atoms with van der Waals surface area (Å²) in [6, 6.07) is 5.44. The van der Waals surface area contributed by atoms with Crippen LogP contribution in [0.25, 0.3) is 10.9 Å². The highest BCUT2D eigenvalue weighted by Gasteiger charge is 2.06. The molecule has 0 fully saturated rings. The standard InChI is InChI=1S/C12H15N3O/c13-5-1-2-9-7-15-11-4-3-8(12(14)16)6-10(9)11/h3-4,6-7,15H,1-2,5,13H2,(H2,14,16). The first-order valence-electron chi connectivity index (χ1n) is 5.32.